The minimum atomic E-state index is -0.537. The van der Waals surface area contributed by atoms with Gasteiger partial charge in [-0.3, -0.25) is 9.59 Å². The van der Waals surface area contributed by atoms with Crippen LogP contribution in [0.2, 0.25) is 0 Å². The molecule has 1 atom stereocenters. The van der Waals surface area contributed by atoms with Crippen molar-refractivity contribution in [3.05, 3.63) is 53.8 Å². The highest BCUT2D eigenvalue weighted by atomic mass is 19.1. The van der Waals surface area contributed by atoms with Crippen molar-refractivity contribution in [1.29, 1.82) is 0 Å². The number of fused-ring (bicyclic) bond motifs is 1. The number of benzene rings is 2. The number of ether oxygens (including phenoxy) is 1. The molecule has 0 bridgehead atoms. The second-order valence-corrected chi connectivity index (χ2v) is 5.49. The van der Waals surface area contributed by atoms with Crippen molar-refractivity contribution in [1.82, 2.24) is 0 Å². The molecular formula is C18H17FN2O3. The lowest BCUT2D eigenvalue weighted by atomic mass is 10.1. The molecule has 0 radical (unpaired) electrons. The van der Waals surface area contributed by atoms with Crippen LogP contribution < -0.4 is 15.0 Å². The third-order valence-corrected chi connectivity index (χ3v) is 3.83. The maximum absolute atomic E-state index is 13.2. The van der Waals surface area contributed by atoms with E-state index in [-0.39, 0.29) is 11.5 Å². The van der Waals surface area contributed by atoms with Gasteiger partial charge in [-0.2, -0.15) is 0 Å². The number of amides is 2. The molecule has 0 aromatic heterocycles. The average Bonchev–Trinajstić information content (AvgIpc) is 2.56. The molecule has 1 heterocycles. The zero-order valence-electron chi connectivity index (χ0n) is 13.4. The molecule has 124 valence electrons. The number of nitrogens with one attached hydrogen (secondary N) is 1. The van der Waals surface area contributed by atoms with E-state index >= 15 is 0 Å². The Kier molecular flexibility index (Phi) is 4.20. The number of carbonyl (C=O) groups is 2. The van der Waals surface area contributed by atoms with E-state index in [1.54, 1.807) is 30.0 Å². The van der Waals surface area contributed by atoms with E-state index < -0.39 is 17.8 Å². The molecule has 3 rings (SSSR count). The Labute approximate surface area is 139 Å². The number of likely N-dealkylation sites (N-methyl/N-ethyl adjacent to an activating group) is 1. The number of carbonyl (C=O) groups excluding carboxylic acids is 2. The summed E-state index contributed by atoms with van der Waals surface area (Å²) in [7, 11) is 0. The predicted molar refractivity (Wildman–Crippen MR) is 88.9 cm³/mol. The first kappa shape index (κ1) is 16.0. The number of hydrogen-bond acceptors (Lipinski definition) is 3. The number of anilines is 2. The molecular weight excluding hydrogens is 311 g/mol. The van der Waals surface area contributed by atoms with Crippen molar-refractivity contribution in [2.45, 2.75) is 20.0 Å². The summed E-state index contributed by atoms with van der Waals surface area (Å²) >= 11 is 0. The number of hydrogen-bond donors (Lipinski definition) is 1. The number of rotatable bonds is 3. The predicted octanol–water partition coefficient (Wildman–Crippen LogP) is 3.21. The summed E-state index contributed by atoms with van der Waals surface area (Å²) in [4.78, 5) is 26.0. The Balaban J connectivity index is 1.87. The molecule has 0 saturated carbocycles. The van der Waals surface area contributed by atoms with Gasteiger partial charge in [0.05, 0.1) is 5.69 Å². The molecule has 6 heteroatoms. The second-order valence-electron chi connectivity index (χ2n) is 5.49. The van der Waals surface area contributed by atoms with Gasteiger partial charge in [-0.1, -0.05) is 6.07 Å². The molecule has 0 aliphatic carbocycles. The summed E-state index contributed by atoms with van der Waals surface area (Å²) in [6.45, 7) is 4.08. The number of nitrogens with zero attached hydrogens (tertiary/aromatic N) is 1. The van der Waals surface area contributed by atoms with Crippen LogP contribution in [0.15, 0.2) is 42.5 Å². The normalized spacial score (nSPS) is 16.4. The van der Waals surface area contributed by atoms with Gasteiger partial charge in [0.15, 0.2) is 6.10 Å². The molecule has 1 aliphatic heterocycles. The maximum atomic E-state index is 13.2. The smallest absolute Gasteiger partial charge is 0.267 e. The first-order valence-corrected chi connectivity index (χ1v) is 7.68. The lowest BCUT2D eigenvalue weighted by molar-refractivity contribution is -0.125. The Morgan fingerprint density at radius 2 is 2.08 bits per heavy atom. The highest BCUT2D eigenvalue weighted by Gasteiger charge is 2.30. The molecule has 1 aliphatic rings. The first-order valence-electron chi connectivity index (χ1n) is 7.68. The van der Waals surface area contributed by atoms with Crippen molar-refractivity contribution >= 4 is 23.2 Å². The van der Waals surface area contributed by atoms with E-state index in [2.05, 4.69) is 5.32 Å². The number of halogens is 1. The molecule has 2 amide bonds. The van der Waals surface area contributed by atoms with Gasteiger partial charge < -0.3 is 15.0 Å². The van der Waals surface area contributed by atoms with E-state index in [9.17, 15) is 14.0 Å². The highest BCUT2D eigenvalue weighted by molar-refractivity contribution is 6.05. The highest BCUT2D eigenvalue weighted by Crippen LogP contribution is 2.36. The summed E-state index contributed by atoms with van der Waals surface area (Å²) < 4.78 is 18.8. The van der Waals surface area contributed by atoms with Crippen molar-refractivity contribution in [2.75, 3.05) is 16.8 Å². The minimum Gasteiger partial charge on any atom is -0.479 e. The standard InChI is InChI=1S/C18H17FN2O3/c1-3-21-15-10-14(7-8-16(15)24-11(2)18(21)23)20-17(22)12-5-4-6-13(19)9-12/h4-11H,3H2,1-2H3,(H,20,22). The monoisotopic (exact) mass is 328 g/mol. The Hall–Kier alpha value is -2.89. The Morgan fingerprint density at radius 3 is 2.79 bits per heavy atom. The van der Waals surface area contributed by atoms with Crippen LogP contribution in [-0.2, 0) is 4.79 Å². The third-order valence-electron chi connectivity index (χ3n) is 3.83. The molecule has 5 nitrogen and oxygen atoms in total. The van der Waals surface area contributed by atoms with Crippen molar-refractivity contribution in [3.8, 4) is 5.75 Å². The molecule has 1 unspecified atom stereocenters. The largest absolute Gasteiger partial charge is 0.479 e. The fourth-order valence-electron chi connectivity index (χ4n) is 2.64. The molecule has 0 fully saturated rings. The van der Waals surface area contributed by atoms with E-state index in [4.69, 9.17) is 4.74 Å². The fourth-order valence-corrected chi connectivity index (χ4v) is 2.64. The summed E-state index contributed by atoms with van der Waals surface area (Å²) in [5.41, 5.74) is 1.34. The Morgan fingerprint density at radius 1 is 1.29 bits per heavy atom. The van der Waals surface area contributed by atoms with Crippen LogP contribution in [0.25, 0.3) is 0 Å². The molecule has 1 N–H and O–H groups in total. The van der Waals surface area contributed by atoms with Gasteiger partial charge in [0.1, 0.15) is 11.6 Å². The van der Waals surface area contributed by atoms with E-state index in [0.717, 1.165) is 0 Å². The SMILES string of the molecule is CCN1C(=O)C(C)Oc2ccc(NC(=O)c3cccc(F)c3)cc21. The quantitative estimate of drug-likeness (QED) is 0.941. The van der Waals surface area contributed by atoms with Gasteiger partial charge >= 0.3 is 0 Å². The maximum Gasteiger partial charge on any atom is 0.267 e. The van der Waals surface area contributed by atoms with Crippen LogP contribution in [0, 0.1) is 5.82 Å². The van der Waals surface area contributed by atoms with Gasteiger partial charge in [0.25, 0.3) is 11.8 Å². The van der Waals surface area contributed by atoms with E-state index in [1.807, 2.05) is 6.92 Å². The molecule has 0 spiro atoms. The fraction of sp³-hybridized carbons (Fsp3) is 0.222. The van der Waals surface area contributed by atoms with Crippen molar-refractivity contribution in [3.63, 3.8) is 0 Å². The summed E-state index contributed by atoms with van der Waals surface area (Å²) in [6, 6.07) is 10.5. The summed E-state index contributed by atoms with van der Waals surface area (Å²) in [5.74, 6) is -0.432. The van der Waals surface area contributed by atoms with E-state index in [1.165, 1.54) is 24.3 Å². The average molecular weight is 328 g/mol. The van der Waals surface area contributed by atoms with Gasteiger partial charge in [0, 0.05) is 17.8 Å². The van der Waals surface area contributed by atoms with Crippen LogP contribution in [0.3, 0.4) is 0 Å². The van der Waals surface area contributed by atoms with Crippen LogP contribution in [0.4, 0.5) is 15.8 Å². The van der Waals surface area contributed by atoms with Gasteiger partial charge in [-0.05, 0) is 50.2 Å². The van der Waals surface area contributed by atoms with Crippen LogP contribution >= 0.6 is 0 Å². The summed E-state index contributed by atoms with van der Waals surface area (Å²) in [5, 5.41) is 2.71. The molecule has 24 heavy (non-hydrogen) atoms. The van der Waals surface area contributed by atoms with Crippen molar-refractivity contribution < 1.29 is 18.7 Å². The molecule has 2 aromatic rings. The first-order chi connectivity index (χ1) is 11.5. The molecule has 2 aromatic carbocycles. The second kappa shape index (κ2) is 6.31. The lowest BCUT2D eigenvalue weighted by Gasteiger charge is -2.32. The van der Waals surface area contributed by atoms with Gasteiger partial charge in [-0.25, -0.2) is 4.39 Å². The van der Waals surface area contributed by atoms with Crippen LogP contribution in [-0.4, -0.2) is 24.5 Å². The van der Waals surface area contributed by atoms with Crippen LogP contribution in [0.1, 0.15) is 24.2 Å². The molecule has 0 saturated heterocycles. The summed E-state index contributed by atoms with van der Waals surface area (Å²) in [6.07, 6.45) is -0.537. The minimum absolute atomic E-state index is 0.126. The topological polar surface area (TPSA) is 58.6 Å². The zero-order chi connectivity index (χ0) is 17.3. The van der Waals surface area contributed by atoms with Crippen molar-refractivity contribution in [2.24, 2.45) is 0 Å². The lowest BCUT2D eigenvalue weighted by Crippen LogP contribution is -2.44. The van der Waals surface area contributed by atoms with E-state index in [0.29, 0.717) is 23.7 Å². The van der Waals surface area contributed by atoms with Gasteiger partial charge in [-0.15, -0.1) is 0 Å². The zero-order valence-corrected chi connectivity index (χ0v) is 13.4. The van der Waals surface area contributed by atoms with Gasteiger partial charge in [0.2, 0.25) is 0 Å². The van der Waals surface area contributed by atoms with Crippen LogP contribution in [0.5, 0.6) is 5.75 Å². The Bertz CT molecular complexity index is 807. The third kappa shape index (κ3) is 2.95.